The number of nitrogens with zero attached hydrogens (tertiary/aromatic N) is 1. The molecule has 1 N–H and O–H groups in total. The van der Waals surface area contributed by atoms with Gasteiger partial charge in [-0.25, -0.2) is 0 Å². The van der Waals surface area contributed by atoms with Crippen LogP contribution >= 0.6 is 0 Å². The Morgan fingerprint density at radius 1 is 1.17 bits per heavy atom. The molecule has 0 aromatic rings. The summed E-state index contributed by atoms with van der Waals surface area (Å²) in [4.78, 5) is 2.60. The average molecular weight is 256 g/mol. The first kappa shape index (κ1) is 15.9. The maximum atomic E-state index is 5.76. The molecule has 0 aliphatic carbocycles. The van der Waals surface area contributed by atoms with E-state index >= 15 is 0 Å². The average Bonchev–Trinajstić information content (AvgIpc) is 2.30. The first-order valence-corrected chi connectivity index (χ1v) is 7.61. The van der Waals surface area contributed by atoms with Gasteiger partial charge in [0.2, 0.25) is 0 Å². The number of hydrogen-bond donors (Lipinski definition) is 1. The van der Waals surface area contributed by atoms with Gasteiger partial charge in [-0.1, -0.05) is 27.7 Å². The molecule has 0 spiro atoms. The van der Waals surface area contributed by atoms with E-state index < -0.39 is 0 Å². The van der Waals surface area contributed by atoms with Crippen molar-refractivity contribution in [3.8, 4) is 0 Å². The molecule has 0 aromatic carbocycles. The Morgan fingerprint density at radius 2 is 1.83 bits per heavy atom. The molecule has 0 radical (unpaired) electrons. The Hall–Kier alpha value is -0.120. The summed E-state index contributed by atoms with van der Waals surface area (Å²) in [5, 5.41) is 3.38. The van der Waals surface area contributed by atoms with Crippen LogP contribution in [0.4, 0.5) is 0 Å². The van der Waals surface area contributed by atoms with Crippen molar-refractivity contribution in [2.75, 3.05) is 39.4 Å². The predicted octanol–water partition coefficient (Wildman–Crippen LogP) is 2.37. The molecule has 0 bridgehead atoms. The Bertz CT molecular complexity index is 199. The number of rotatable bonds is 8. The van der Waals surface area contributed by atoms with Crippen molar-refractivity contribution >= 4 is 0 Å². The van der Waals surface area contributed by atoms with Gasteiger partial charge in [0.1, 0.15) is 0 Å². The summed E-state index contributed by atoms with van der Waals surface area (Å²) in [5.41, 5.74) is 0. The Labute approximate surface area is 113 Å². The fraction of sp³-hybridized carbons (Fsp3) is 1.00. The van der Waals surface area contributed by atoms with Gasteiger partial charge in [0.05, 0.1) is 6.61 Å². The molecule has 3 heteroatoms. The monoisotopic (exact) mass is 256 g/mol. The van der Waals surface area contributed by atoms with Gasteiger partial charge in [-0.15, -0.1) is 0 Å². The summed E-state index contributed by atoms with van der Waals surface area (Å²) in [6.45, 7) is 15.5. The van der Waals surface area contributed by atoms with E-state index in [1.165, 1.54) is 32.5 Å². The minimum Gasteiger partial charge on any atom is -0.380 e. The van der Waals surface area contributed by atoms with Gasteiger partial charge in [-0.05, 0) is 37.8 Å². The van der Waals surface area contributed by atoms with Crippen LogP contribution in [0.2, 0.25) is 0 Å². The summed E-state index contributed by atoms with van der Waals surface area (Å²) in [5.74, 6) is 1.58. The number of hydrogen-bond acceptors (Lipinski definition) is 3. The van der Waals surface area contributed by atoms with Gasteiger partial charge in [-0.3, -0.25) is 0 Å². The third-order valence-corrected chi connectivity index (χ3v) is 3.48. The van der Waals surface area contributed by atoms with Crippen molar-refractivity contribution in [3.63, 3.8) is 0 Å². The van der Waals surface area contributed by atoms with E-state index in [1.54, 1.807) is 0 Å². The molecule has 1 heterocycles. The Morgan fingerprint density at radius 3 is 2.39 bits per heavy atom. The van der Waals surface area contributed by atoms with Gasteiger partial charge in [-0.2, -0.15) is 0 Å². The van der Waals surface area contributed by atoms with Crippen molar-refractivity contribution < 1.29 is 4.74 Å². The summed E-state index contributed by atoms with van der Waals surface area (Å²) in [6, 6.07) is 0.563. The molecule has 18 heavy (non-hydrogen) atoms. The van der Waals surface area contributed by atoms with Crippen LogP contribution in [0.1, 0.15) is 40.5 Å². The third kappa shape index (κ3) is 7.34. The molecule has 1 saturated heterocycles. The van der Waals surface area contributed by atoms with Gasteiger partial charge in [0.15, 0.2) is 0 Å². The van der Waals surface area contributed by atoms with E-state index in [0.29, 0.717) is 6.04 Å². The molecule has 1 aliphatic rings. The Balaban J connectivity index is 1.98. The molecule has 0 amide bonds. The zero-order valence-corrected chi connectivity index (χ0v) is 12.7. The van der Waals surface area contributed by atoms with Crippen molar-refractivity contribution in [3.05, 3.63) is 0 Å². The quantitative estimate of drug-likeness (QED) is 0.675. The third-order valence-electron chi connectivity index (χ3n) is 3.48. The van der Waals surface area contributed by atoms with Crippen LogP contribution in [0.5, 0.6) is 0 Å². The highest BCUT2D eigenvalue weighted by Gasteiger charge is 2.19. The topological polar surface area (TPSA) is 24.5 Å². The highest BCUT2D eigenvalue weighted by molar-refractivity contribution is 4.72. The first-order valence-electron chi connectivity index (χ1n) is 7.61. The summed E-state index contributed by atoms with van der Waals surface area (Å²) in [6.07, 6.45) is 2.62. The smallest absolute Gasteiger partial charge is 0.0591 e. The van der Waals surface area contributed by atoms with E-state index in [1.807, 2.05) is 0 Å². The summed E-state index contributed by atoms with van der Waals surface area (Å²) >= 11 is 0. The molecule has 0 saturated carbocycles. The van der Waals surface area contributed by atoms with Crippen molar-refractivity contribution in [2.45, 2.75) is 46.6 Å². The van der Waals surface area contributed by atoms with E-state index in [9.17, 15) is 0 Å². The zero-order valence-electron chi connectivity index (χ0n) is 12.7. The number of nitrogens with one attached hydrogen (secondary N) is 1. The SMILES string of the molecule is CC(C)CN1CCC(COCCNC(C)C)CC1. The van der Waals surface area contributed by atoms with Crippen LogP contribution < -0.4 is 5.32 Å². The van der Waals surface area contributed by atoms with Crippen molar-refractivity contribution in [1.82, 2.24) is 10.2 Å². The molecule has 0 aromatic heterocycles. The van der Waals surface area contributed by atoms with Gasteiger partial charge < -0.3 is 15.0 Å². The van der Waals surface area contributed by atoms with Crippen LogP contribution in [-0.2, 0) is 4.74 Å². The van der Waals surface area contributed by atoms with E-state index in [-0.39, 0.29) is 0 Å². The number of likely N-dealkylation sites (tertiary alicyclic amines) is 1. The molecule has 3 nitrogen and oxygen atoms in total. The maximum Gasteiger partial charge on any atom is 0.0591 e. The highest BCUT2D eigenvalue weighted by atomic mass is 16.5. The van der Waals surface area contributed by atoms with E-state index in [4.69, 9.17) is 4.74 Å². The second-order valence-electron chi connectivity index (χ2n) is 6.32. The van der Waals surface area contributed by atoms with Crippen LogP contribution in [0, 0.1) is 11.8 Å². The van der Waals surface area contributed by atoms with Crippen LogP contribution in [-0.4, -0.2) is 50.3 Å². The minimum atomic E-state index is 0.563. The molecule has 1 rings (SSSR count). The lowest BCUT2D eigenvalue weighted by Crippen LogP contribution is -2.37. The molecule has 0 unspecified atom stereocenters. The van der Waals surface area contributed by atoms with Gasteiger partial charge in [0.25, 0.3) is 0 Å². The van der Waals surface area contributed by atoms with Crippen molar-refractivity contribution in [2.24, 2.45) is 11.8 Å². The lowest BCUT2D eigenvalue weighted by atomic mass is 9.97. The molecule has 1 aliphatic heterocycles. The minimum absolute atomic E-state index is 0.563. The van der Waals surface area contributed by atoms with Crippen LogP contribution in [0.3, 0.4) is 0 Å². The van der Waals surface area contributed by atoms with Crippen LogP contribution in [0.25, 0.3) is 0 Å². The number of piperidine rings is 1. The molecular formula is C15H32N2O. The molecule has 108 valence electrons. The lowest BCUT2D eigenvalue weighted by Gasteiger charge is -2.32. The second kappa shape index (κ2) is 8.89. The summed E-state index contributed by atoms with van der Waals surface area (Å²) < 4.78 is 5.76. The molecule has 1 fully saturated rings. The molecule has 0 atom stereocenters. The van der Waals surface area contributed by atoms with Crippen molar-refractivity contribution in [1.29, 1.82) is 0 Å². The van der Waals surface area contributed by atoms with E-state index in [0.717, 1.165) is 31.6 Å². The standard InChI is InChI=1S/C15H32N2O/c1-13(2)11-17-8-5-15(6-9-17)12-18-10-7-16-14(3)4/h13-16H,5-12H2,1-4H3. The van der Waals surface area contributed by atoms with Gasteiger partial charge in [0, 0.05) is 25.7 Å². The fourth-order valence-corrected chi connectivity index (χ4v) is 2.52. The summed E-state index contributed by atoms with van der Waals surface area (Å²) in [7, 11) is 0. The largest absolute Gasteiger partial charge is 0.380 e. The maximum absolute atomic E-state index is 5.76. The van der Waals surface area contributed by atoms with Crippen LogP contribution in [0.15, 0.2) is 0 Å². The fourth-order valence-electron chi connectivity index (χ4n) is 2.52. The highest BCUT2D eigenvalue weighted by Crippen LogP contribution is 2.18. The second-order valence-corrected chi connectivity index (χ2v) is 6.32. The van der Waals surface area contributed by atoms with Gasteiger partial charge >= 0.3 is 0 Å². The Kier molecular flexibility index (Phi) is 7.87. The first-order chi connectivity index (χ1) is 8.58. The lowest BCUT2D eigenvalue weighted by molar-refractivity contribution is 0.0652. The van der Waals surface area contributed by atoms with E-state index in [2.05, 4.69) is 37.9 Å². The normalized spacial score (nSPS) is 19.0. The molecular weight excluding hydrogens is 224 g/mol. The predicted molar refractivity (Wildman–Crippen MR) is 78.0 cm³/mol. The zero-order chi connectivity index (χ0) is 13.4. The number of ether oxygens (including phenoxy) is 1.